The summed E-state index contributed by atoms with van der Waals surface area (Å²) in [6, 6.07) is 16.1. The molecule has 138 valence electrons. The van der Waals surface area contributed by atoms with E-state index in [9.17, 15) is 4.39 Å². The van der Waals surface area contributed by atoms with Crippen LogP contribution in [0.5, 0.6) is 0 Å². The molecule has 0 saturated carbocycles. The van der Waals surface area contributed by atoms with Crippen LogP contribution in [0.2, 0.25) is 5.02 Å². The minimum atomic E-state index is -0.229. The lowest BCUT2D eigenvalue weighted by Crippen LogP contribution is -2.24. The van der Waals surface area contributed by atoms with Crippen molar-refractivity contribution in [2.24, 2.45) is 5.10 Å². The molecule has 0 fully saturated rings. The summed E-state index contributed by atoms with van der Waals surface area (Å²) >= 11 is 11.4. The number of nitrogens with one attached hydrogen (secondary N) is 2. The normalized spacial score (nSPS) is 10.9. The number of thiocarbonyl (C=S) groups is 1. The number of halogens is 2. The molecule has 1 aromatic heterocycles. The molecule has 3 aromatic rings. The Morgan fingerprint density at radius 2 is 2.04 bits per heavy atom. The lowest BCUT2D eigenvalue weighted by Gasteiger charge is -2.10. The summed E-state index contributed by atoms with van der Waals surface area (Å²) in [5.41, 5.74) is 5.97. The van der Waals surface area contributed by atoms with Crippen LogP contribution in [0, 0.1) is 12.7 Å². The molecule has 0 aliphatic rings. The average Bonchev–Trinajstić information content (AvgIpc) is 3.06. The molecule has 3 rings (SSSR count). The van der Waals surface area contributed by atoms with E-state index in [0.29, 0.717) is 27.9 Å². The average molecular weight is 401 g/mol. The number of rotatable bonds is 5. The van der Waals surface area contributed by atoms with Gasteiger partial charge in [-0.3, -0.25) is 5.43 Å². The monoisotopic (exact) mass is 400 g/mol. The van der Waals surface area contributed by atoms with Crippen molar-refractivity contribution in [2.45, 2.75) is 13.5 Å². The minimum absolute atomic E-state index is 0.229. The van der Waals surface area contributed by atoms with E-state index in [1.54, 1.807) is 18.3 Å². The lowest BCUT2D eigenvalue weighted by molar-refractivity contribution is 0.599. The molecule has 0 spiro atoms. The molecular formula is C20H18ClFN4S. The SMILES string of the molecule is Cc1ccc(NC(=S)N/N=C/c2cccn2Cc2ccccc2F)c(Cl)c1. The Hall–Kier alpha value is -2.70. The summed E-state index contributed by atoms with van der Waals surface area (Å²) in [4.78, 5) is 0. The van der Waals surface area contributed by atoms with Gasteiger partial charge in [-0.2, -0.15) is 5.10 Å². The molecule has 0 saturated heterocycles. The predicted molar refractivity (Wildman–Crippen MR) is 113 cm³/mol. The molecule has 4 nitrogen and oxygen atoms in total. The molecule has 2 aromatic carbocycles. The quantitative estimate of drug-likeness (QED) is 0.361. The van der Waals surface area contributed by atoms with Gasteiger partial charge in [-0.15, -0.1) is 0 Å². The van der Waals surface area contributed by atoms with Crippen LogP contribution in [-0.4, -0.2) is 15.9 Å². The first-order chi connectivity index (χ1) is 13.0. The first kappa shape index (κ1) is 19.1. The molecule has 0 radical (unpaired) electrons. The Kier molecular flexibility index (Phi) is 6.21. The number of hydrazone groups is 1. The second-order valence-corrected chi connectivity index (χ2v) is 6.78. The van der Waals surface area contributed by atoms with Gasteiger partial charge in [0.15, 0.2) is 5.11 Å². The van der Waals surface area contributed by atoms with E-state index in [0.717, 1.165) is 11.3 Å². The zero-order chi connectivity index (χ0) is 19.2. The maximum absolute atomic E-state index is 13.8. The van der Waals surface area contributed by atoms with Crippen molar-refractivity contribution in [3.8, 4) is 0 Å². The fourth-order valence-electron chi connectivity index (χ4n) is 2.53. The van der Waals surface area contributed by atoms with Gasteiger partial charge in [0.25, 0.3) is 0 Å². The summed E-state index contributed by atoms with van der Waals surface area (Å²) in [6.07, 6.45) is 3.50. The highest BCUT2D eigenvalue weighted by atomic mass is 35.5. The van der Waals surface area contributed by atoms with Crippen molar-refractivity contribution in [3.63, 3.8) is 0 Å². The van der Waals surface area contributed by atoms with Crippen molar-refractivity contribution in [3.05, 3.63) is 88.5 Å². The largest absolute Gasteiger partial charge is 0.342 e. The van der Waals surface area contributed by atoms with Crippen molar-refractivity contribution >= 4 is 40.8 Å². The van der Waals surface area contributed by atoms with Gasteiger partial charge in [-0.05, 0) is 55.0 Å². The van der Waals surface area contributed by atoms with Crippen LogP contribution >= 0.6 is 23.8 Å². The zero-order valence-electron chi connectivity index (χ0n) is 14.6. The Balaban J connectivity index is 1.61. The van der Waals surface area contributed by atoms with Gasteiger partial charge in [0.2, 0.25) is 0 Å². The maximum atomic E-state index is 13.8. The number of aryl methyl sites for hydroxylation is 1. The number of anilines is 1. The van der Waals surface area contributed by atoms with Crippen LogP contribution in [0.4, 0.5) is 10.1 Å². The van der Waals surface area contributed by atoms with Crippen molar-refractivity contribution in [2.75, 3.05) is 5.32 Å². The Morgan fingerprint density at radius 3 is 2.81 bits per heavy atom. The van der Waals surface area contributed by atoms with Crippen molar-refractivity contribution in [1.29, 1.82) is 0 Å². The molecule has 0 aliphatic heterocycles. The van der Waals surface area contributed by atoms with Gasteiger partial charge in [0, 0.05) is 11.8 Å². The van der Waals surface area contributed by atoms with Crippen LogP contribution in [0.25, 0.3) is 0 Å². The molecule has 2 N–H and O–H groups in total. The number of aromatic nitrogens is 1. The van der Waals surface area contributed by atoms with Gasteiger partial charge >= 0.3 is 0 Å². The first-order valence-corrected chi connectivity index (χ1v) is 9.06. The molecule has 0 amide bonds. The smallest absolute Gasteiger partial charge is 0.191 e. The third-order valence-electron chi connectivity index (χ3n) is 3.90. The number of nitrogens with zero attached hydrogens (tertiary/aromatic N) is 2. The van der Waals surface area contributed by atoms with E-state index in [-0.39, 0.29) is 5.82 Å². The molecule has 0 aliphatic carbocycles. The van der Waals surface area contributed by atoms with Crippen LogP contribution in [-0.2, 0) is 6.54 Å². The Bertz CT molecular complexity index is 984. The first-order valence-electron chi connectivity index (χ1n) is 8.27. The van der Waals surface area contributed by atoms with E-state index in [1.165, 1.54) is 6.07 Å². The van der Waals surface area contributed by atoms with E-state index in [4.69, 9.17) is 23.8 Å². The Morgan fingerprint density at radius 1 is 1.22 bits per heavy atom. The van der Waals surface area contributed by atoms with Crippen molar-refractivity contribution in [1.82, 2.24) is 9.99 Å². The third kappa shape index (κ3) is 5.15. The van der Waals surface area contributed by atoms with E-state index >= 15 is 0 Å². The predicted octanol–water partition coefficient (Wildman–Crippen LogP) is 4.96. The fourth-order valence-corrected chi connectivity index (χ4v) is 2.97. The molecule has 0 atom stereocenters. The third-order valence-corrected chi connectivity index (χ3v) is 4.40. The van der Waals surface area contributed by atoms with Crippen molar-refractivity contribution < 1.29 is 4.39 Å². The number of hydrogen-bond donors (Lipinski definition) is 2. The lowest BCUT2D eigenvalue weighted by atomic mass is 10.2. The van der Waals surface area contributed by atoms with Crippen LogP contribution < -0.4 is 10.7 Å². The number of benzene rings is 2. The summed E-state index contributed by atoms with van der Waals surface area (Å²) in [5.74, 6) is -0.229. The molecular weight excluding hydrogens is 383 g/mol. The fraction of sp³-hybridized carbons (Fsp3) is 0.100. The topological polar surface area (TPSA) is 41.4 Å². The van der Waals surface area contributed by atoms with Crippen LogP contribution in [0.3, 0.4) is 0 Å². The van der Waals surface area contributed by atoms with E-state index in [1.807, 2.05) is 54.1 Å². The van der Waals surface area contributed by atoms with Crippen LogP contribution in [0.15, 0.2) is 65.9 Å². The molecule has 7 heteroatoms. The van der Waals surface area contributed by atoms with Crippen LogP contribution in [0.1, 0.15) is 16.8 Å². The van der Waals surface area contributed by atoms with E-state index in [2.05, 4.69) is 15.8 Å². The molecule has 27 heavy (non-hydrogen) atoms. The second kappa shape index (κ2) is 8.79. The maximum Gasteiger partial charge on any atom is 0.191 e. The molecule has 0 bridgehead atoms. The van der Waals surface area contributed by atoms with Gasteiger partial charge in [0.05, 0.1) is 29.2 Å². The van der Waals surface area contributed by atoms with Gasteiger partial charge in [-0.25, -0.2) is 4.39 Å². The zero-order valence-corrected chi connectivity index (χ0v) is 16.2. The highest BCUT2D eigenvalue weighted by molar-refractivity contribution is 7.80. The second-order valence-electron chi connectivity index (χ2n) is 5.96. The van der Waals surface area contributed by atoms with E-state index < -0.39 is 0 Å². The van der Waals surface area contributed by atoms with Gasteiger partial charge < -0.3 is 9.88 Å². The summed E-state index contributed by atoms with van der Waals surface area (Å²) in [5, 5.41) is 8.05. The summed E-state index contributed by atoms with van der Waals surface area (Å²) in [6.45, 7) is 2.38. The standard InChI is InChI=1S/C20H18ClFN4S/c1-14-8-9-19(17(21)11-14)24-20(27)25-23-12-16-6-4-10-26(16)13-15-5-2-3-7-18(15)22/h2-12H,13H2,1H3,(H2,24,25,27)/b23-12+. The summed E-state index contributed by atoms with van der Waals surface area (Å²) in [7, 11) is 0. The highest BCUT2D eigenvalue weighted by Gasteiger charge is 2.05. The molecule has 1 heterocycles. The Labute approximate surface area is 167 Å². The molecule has 0 unspecified atom stereocenters. The number of hydrogen-bond acceptors (Lipinski definition) is 2. The summed E-state index contributed by atoms with van der Waals surface area (Å²) < 4.78 is 15.7. The van der Waals surface area contributed by atoms with Gasteiger partial charge in [-0.1, -0.05) is 35.9 Å². The van der Waals surface area contributed by atoms with Gasteiger partial charge in [0.1, 0.15) is 5.82 Å². The minimum Gasteiger partial charge on any atom is -0.342 e. The highest BCUT2D eigenvalue weighted by Crippen LogP contribution is 2.22.